The minimum Gasteiger partial charge on any atom is -0.478 e. The summed E-state index contributed by atoms with van der Waals surface area (Å²) in [7, 11) is 0. The smallest absolute Gasteiger partial charge is 0.337 e. The first-order chi connectivity index (χ1) is 8.52. The molecule has 0 radical (unpaired) electrons. The highest BCUT2D eigenvalue weighted by atomic mass is 16.4. The highest BCUT2D eigenvalue weighted by Gasteiger charge is 2.27. The van der Waals surface area contributed by atoms with Crippen LogP contribution in [-0.4, -0.2) is 16.6 Å². The fourth-order valence-corrected chi connectivity index (χ4v) is 2.64. The monoisotopic (exact) mass is 248 g/mol. The number of rotatable bonds is 3. The van der Waals surface area contributed by atoms with Gasteiger partial charge >= 0.3 is 5.97 Å². The van der Waals surface area contributed by atoms with Crippen molar-refractivity contribution in [2.24, 2.45) is 0 Å². The Bertz CT molecular complexity index is 451. The molecule has 1 fully saturated rings. The van der Waals surface area contributed by atoms with Crippen LogP contribution in [0.15, 0.2) is 18.2 Å². The Labute approximate surface area is 107 Å². The van der Waals surface area contributed by atoms with Crippen LogP contribution in [0, 0.1) is 0 Å². The summed E-state index contributed by atoms with van der Waals surface area (Å²) in [4.78, 5) is 11.0. The van der Waals surface area contributed by atoms with Crippen LogP contribution >= 0.6 is 0 Å². The molecule has 0 heterocycles. The Morgan fingerprint density at radius 2 is 2.00 bits per heavy atom. The number of carboxylic acids is 1. The number of aromatic carboxylic acids is 1. The van der Waals surface area contributed by atoms with E-state index in [2.05, 4.69) is 12.2 Å². The zero-order chi connectivity index (χ0) is 13.2. The number of nitrogens with one attached hydrogen (secondary N) is 1. The van der Waals surface area contributed by atoms with E-state index in [1.54, 1.807) is 6.07 Å². The molecule has 0 bridgehead atoms. The fourth-order valence-electron chi connectivity index (χ4n) is 2.64. The third kappa shape index (κ3) is 2.58. The maximum absolute atomic E-state index is 11.0. The van der Waals surface area contributed by atoms with Gasteiger partial charge in [0.2, 0.25) is 0 Å². The Hall–Kier alpha value is -1.71. The molecule has 0 amide bonds. The van der Waals surface area contributed by atoms with Crippen LogP contribution in [0.1, 0.15) is 49.4 Å². The van der Waals surface area contributed by atoms with E-state index in [1.165, 1.54) is 25.3 Å². The van der Waals surface area contributed by atoms with E-state index in [-0.39, 0.29) is 11.1 Å². The highest BCUT2D eigenvalue weighted by molar-refractivity contribution is 5.97. The van der Waals surface area contributed by atoms with E-state index in [9.17, 15) is 4.79 Å². The van der Waals surface area contributed by atoms with Gasteiger partial charge in [0.1, 0.15) is 0 Å². The predicted octanol–water partition coefficient (Wildman–Crippen LogP) is 3.10. The summed E-state index contributed by atoms with van der Waals surface area (Å²) >= 11 is 0. The topological polar surface area (TPSA) is 75.3 Å². The SMILES string of the molecule is CC1(Nc2cccc(C(=O)O)c2N)CCCCC1. The maximum atomic E-state index is 11.0. The van der Waals surface area contributed by atoms with E-state index in [0.29, 0.717) is 5.69 Å². The van der Waals surface area contributed by atoms with Gasteiger partial charge in [0.25, 0.3) is 0 Å². The van der Waals surface area contributed by atoms with Gasteiger partial charge in [-0.25, -0.2) is 4.79 Å². The third-order valence-electron chi connectivity index (χ3n) is 3.73. The van der Waals surface area contributed by atoms with Gasteiger partial charge in [-0.1, -0.05) is 25.3 Å². The lowest BCUT2D eigenvalue weighted by molar-refractivity contribution is 0.0698. The van der Waals surface area contributed by atoms with Gasteiger partial charge in [-0.05, 0) is 31.9 Å². The molecule has 1 saturated carbocycles. The second-order valence-corrected chi connectivity index (χ2v) is 5.32. The molecular formula is C14H20N2O2. The van der Waals surface area contributed by atoms with Crippen molar-refractivity contribution >= 4 is 17.3 Å². The van der Waals surface area contributed by atoms with Crippen LogP contribution in [0.5, 0.6) is 0 Å². The summed E-state index contributed by atoms with van der Waals surface area (Å²) in [5.41, 5.74) is 7.18. The Kier molecular flexibility index (Phi) is 3.45. The molecule has 0 spiro atoms. The lowest BCUT2D eigenvalue weighted by atomic mass is 9.83. The molecule has 0 aliphatic heterocycles. The van der Waals surface area contributed by atoms with Gasteiger partial charge in [0, 0.05) is 5.54 Å². The van der Waals surface area contributed by atoms with Gasteiger partial charge in [-0.15, -0.1) is 0 Å². The third-order valence-corrected chi connectivity index (χ3v) is 3.73. The lowest BCUT2D eigenvalue weighted by Gasteiger charge is -2.36. The molecule has 0 saturated heterocycles. The molecule has 1 aromatic rings. The van der Waals surface area contributed by atoms with E-state index < -0.39 is 5.97 Å². The van der Waals surface area contributed by atoms with E-state index >= 15 is 0 Å². The van der Waals surface area contributed by atoms with Crippen LogP contribution in [0.4, 0.5) is 11.4 Å². The second kappa shape index (κ2) is 4.88. The molecule has 0 unspecified atom stereocenters. The summed E-state index contributed by atoms with van der Waals surface area (Å²) in [5.74, 6) is -0.982. The molecule has 2 rings (SSSR count). The van der Waals surface area contributed by atoms with Gasteiger partial charge < -0.3 is 16.2 Å². The van der Waals surface area contributed by atoms with Crippen molar-refractivity contribution in [3.63, 3.8) is 0 Å². The predicted molar refractivity (Wildman–Crippen MR) is 72.9 cm³/mol. The first-order valence-electron chi connectivity index (χ1n) is 6.42. The zero-order valence-corrected chi connectivity index (χ0v) is 10.7. The number of nitrogens with two attached hydrogens (primary N) is 1. The van der Waals surface area contributed by atoms with Crippen molar-refractivity contribution in [2.45, 2.75) is 44.6 Å². The number of carbonyl (C=O) groups is 1. The number of carboxylic acid groups (broad SMARTS) is 1. The highest BCUT2D eigenvalue weighted by Crippen LogP contribution is 2.33. The summed E-state index contributed by atoms with van der Waals surface area (Å²) < 4.78 is 0. The first kappa shape index (κ1) is 12.7. The molecule has 4 N–H and O–H groups in total. The van der Waals surface area contributed by atoms with Crippen molar-refractivity contribution in [3.05, 3.63) is 23.8 Å². The number of hydrogen-bond donors (Lipinski definition) is 3. The average molecular weight is 248 g/mol. The normalized spacial score (nSPS) is 18.3. The molecule has 1 aliphatic carbocycles. The summed E-state index contributed by atoms with van der Waals surface area (Å²) in [5, 5.41) is 12.5. The summed E-state index contributed by atoms with van der Waals surface area (Å²) in [6, 6.07) is 5.11. The molecule has 4 heteroatoms. The van der Waals surface area contributed by atoms with Crippen LogP contribution in [0.3, 0.4) is 0 Å². The van der Waals surface area contributed by atoms with Gasteiger partial charge in [0.05, 0.1) is 16.9 Å². The molecule has 1 aliphatic rings. The molecule has 4 nitrogen and oxygen atoms in total. The second-order valence-electron chi connectivity index (χ2n) is 5.32. The van der Waals surface area contributed by atoms with Crippen molar-refractivity contribution in [3.8, 4) is 0 Å². The van der Waals surface area contributed by atoms with Crippen molar-refractivity contribution < 1.29 is 9.90 Å². The summed E-state index contributed by atoms with van der Waals surface area (Å²) in [6.45, 7) is 2.18. The van der Waals surface area contributed by atoms with Gasteiger partial charge in [-0.2, -0.15) is 0 Å². The minimum atomic E-state index is -0.982. The fraction of sp³-hybridized carbons (Fsp3) is 0.500. The number of benzene rings is 1. The van der Waals surface area contributed by atoms with Crippen LogP contribution in [0.2, 0.25) is 0 Å². The van der Waals surface area contributed by atoms with Crippen LogP contribution in [-0.2, 0) is 0 Å². The van der Waals surface area contributed by atoms with E-state index in [0.717, 1.165) is 18.5 Å². The maximum Gasteiger partial charge on any atom is 0.337 e. The van der Waals surface area contributed by atoms with Gasteiger partial charge in [-0.3, -0.25) is 0 Å². The minimum absolute atomic E-state index is 0.0312. The van der Waals surface area contributed by atoms with Crippen molar-refractivity contribution in [2.75, 3.05) is 11.1 Å². The number of hydrogen-bond acceptors (Lipinski definition) is 3. The van der Waals surface area contributed by atoms with Crippen LogP contribution in [0.25, 0.3) is 0 Å². The van der Waals surface area contributed by atoms with E-state index in [4.69, 9.17) is 10.8 Å². The van der Waals surface area contributed by atoms with Gasteiger partial charge in [0.15, 0.2) is 0 Å². The number of nitrogen functional groups attached to an aromatic ring is 1. The Balaban J connectivity index is 2.23. The van der Waals surface area contributed by atoms with Crippen molar-refractivity contribution in [1.82, 2.24) is 0 Å². The number of anilines is 2. The quantitative estimate of drug-likeness (QED) is 0.718. The molecule has 0 aromatic heterocycles. The van der Waals surface area contributed by atoms with Crippen LogP contribution < -0.4 is 11.1 Å². The lowest BCUT2D eigenvalue weighted by Crippen LogP contribution is -2.37. The number of para-hydroxylation sites is 1. The standard InChI is InChI=1S/C14H20N2O2/c1-14(8-3-2-4-9-14)16-11-7-5-6-10(12(11)15)13(17)18/h5-7,16H,2-4,8-9,15H2,1H3,(H,17,18). The zero-order valence-electron chi connectivity index (χ0n) is 10.7. The Morgan fingerprint density at radius 1 is 1.33 bits per heavy atom. The molecule has 0 atom stereocenters. The largest absolute Gasteiger partial charge is 0.478 e. The van der Waals surface area contributed by atoms with E-state index in [1.807, 2.05) is 6.07 Å². The molecule has 18 heavy (non-hydrogen) atoms. The summed E-state index contributed by atoms with van der Waals surface area (Å²) in [6.07, 6.45) is 5.90. The molecule has 98 valence electrons. The average Bonchev–Trinajstić information content (AvgIpc) is 2.32. The van der Waals surface area contributed by atoms with Crippen molar-refractivity contribution in [1.29, 1.82) is 0 Å². The first-order valence-corrected chi connectivity index (χ1v) is 6.42. The molecular weight excluding hydrogens is 228 g/mol. The molecule has 1 aromatic carbocycles. The Morgan fingerprint density at radius 3 is 2.61 bits per heavy atom.